The highest BCUT2D eigenvalue weighted by molar-refractivity contribution is 8.04. The van der Waals surface area contributed by atoms with E-state index in [-0.39, 0.29) is 0 Å². The Hall–Kier alpha value is -1.39. The van der Waals surface area contributed by atoms with Crippen molar-refractivity contribution in [3.63, 3.8) is 0 Å². The van der Waals surface area contributed by atoms with E-state index in [4.69, 9.17) is 0 Å². The van der Waals surface area contributed by atoms with Gasteiger partial charge in [0.05, 0.1) is 9.59 Å². The zero-order valence-electron chi connectivity index (χ0n) is 9.91. The molecule has 0 radical (unpaired) electrons. The highest BCUT2D eigenvalue weighted by Crippen LogP contribution is 2.14. The van der Waals surface area contributed by atoms with Crippen LogP contribution in [0.2, 0.25) is 0 Å². The lowest BCUT2D eigenvalue weighted by Crippen LogP contribution is -2.00. The minimum Gasteiger partial charge on any atom is -0.253 e. The highest BCUT2D eigenvalue weighted by atomic mass is 32.3. The van der Waals surface area contributed by atoms with Gasteiger partial charge in [0, 0.05) is 4.90 Å². The van der Waals surface area contributed by atoms with Crippen LogP contribution in [0, 0.1) is 16.5 Å². The Morgan fingerprint density at radius 2 is 1.83 bits per heavy atom. The summed E-state index contributed by atoms with van der Waals surface area (Å²) < 4.78 is 25.0. The van der Waals surface area contributed by atoms with Crippen LogP contribution in [0.3, 0.4) is 0 Å². The van der Waals surface area contributed by atoms with Crippen molar-refractivity contribution in [2.24, 2.45) is 0 Å². The topological polar surface area (TPSA) is 34.1 Å². The van der Waals surface area contributed by atoms with E-state index in [0.29, 0.717) is 4.90 Å². The summed E-state index contributed by atoms with van der Waals surface area (Å²) in [7, 11) is -3.34. The van der Waals surface area contributed by atoms with Crippen LogP contribution in [-0.2, 0) is 21.2 Å². The van der Waals surface area contributed by atoms with Crippen LogP contribution in [0.15, 0.2) is 59.5 Å². The number of rotatable bonds is 3. The molecule has 0 aliphatic rings. The summed E-state index contributed by atoms with van der Waals surface area (Å²) in [6.45, 7) is 1.93. The third-order valence-electron chi connectivity index (χ3n) is 2.40. The van der Waals surface area contributed by atoms with Crippen molar-refractivity contribution in [1.29, 1.82) is 0 Å². The largest absolute Gasteiger partial charge is 0.253 e. The smallest absolute Gasteiger partial charge is 0.107 e. The highest BCUT2D eigenvalue weighted by Gasteiger charge is 2.08. The van der Waals surface area contributed by atoms with Gasteiger partial charge >= 0.3 is 0 Å². The van der Waals surface area contributed by atoms with Crippen LogP contribution < -0.4 is 0 Å². The molecule has 0 saturated carbocycles. The van der Waals surface area contributed by atoms with Gasteiger partial charge in [0.1, 0.15) is 9.84 Å². The summed E-state index contributed by atoms with van der Waals surface area (Å²) in [5.74, 6) is 0. The molecule has 0 aliphatic heterocycles. The molecule has 0 aromatic heterocycles. The Balaban J connectivity index is 2.26. The van der Waals surface area contributed by atoms with E-state index in [0.717, 1.165) is 10.1 Å². The summed E-state index contributed by atoms with van der Waals surface area (Å²) in [4.78, 5) is 0.330. The number of sulfone groups is 1. The van der Waals surface area contributed by atoms with Crippen LogP contribution in [0.25, 0.3) is 0 Å². The van der Waals surface area contributed by atoms with Gasteiger partial charge in [0.15, 0.2) is 0 Å². The SMILES string of the molecule is Cc1ccc(S(=O)(=O)[CH-][S+]=c2cccc[cH-]2)cc1. The zero-order valence-corrected chi connectivity index (χ0v) is 11.5. The number of benzene rings is 2. The van der Waals surface area contributed by atoms with Crippen molar-refractivity contribution < 1.29 is 8.42 Å². The monoisotopic (exact) mass is 277 g/mol. The summed E-state index contributed by atoms with van der Waals surface area (Å²) in [6.07, 6.45) is 0. The van der Waals surface area contributed by atoms with Gasteiger partial charge in [0.25, 0.3) is 0 Å². The number of hydrogen-bond donors (Lipinski definition) is 0. The van der Waals surface area contributed by atoms with Crippen molar-refractivity contribution >= 4 is 21.2 Å². The van der Waals surface area contributed by atoms with Gasteiger partial charge in [-0.1, -0.05) is 17.7 Å². The minimum absolute atomic E-state index is 0.330. The third-order valence-corrected chi connectivity index (χ3v) is 5.28. The first-order chi connectivity index (χ1) is 8.58. The van der Waals surface area contributed by atoms with E-state index < -0.39 is 9.84 Å². The van der Waals surface area contributed by atoms with Crippen molar-refractivity contribution in [3.05, 3.63) is 69.8 Å². The molecule has 0 bridgehead atoms. The Bertz CT molecular complexity index is 663. The molecular weight excluding hydrogens is 264 g/mol. The minimum atomic E-state index is -3.34. The van der Waals surface area contributed by atoms with E-state index in [2.05, 4.69) is 0 Å². The Morgan fingerprint density at radius 1 is 1.11 bits per heavy atom. The maximum Gasteiger partial charge on any atom is 0.107 e. The maximum absolute atomic E-state index is 12.0. The lowest BCUT2D eigenvalue weighted by Gasteiger charge is -2.03. The van der Waals surface area contributed by atoms with E-state index in [1.165, 1.54) is 16.4 Å². The molecule has 0 fully saturated rings. The van der Waals surface area contributed by atoms with Crippen LogP contribution in [-0.4, -0.2) is 8.42 Å². The van der Waals surface area contributed by atoms with E-state index in [9.17, 15) is 8.42 Å². The first kappa shape index (κ1) is 13.1. The van der Waals surface area contributed by atoms with Crippen molar-refractivity contribution in [2.75, 3.05) is 0 Å². The molecule has 2 nitrogen and oxygen atoms in total. The maximum atomic E-state index is 12.0. The van der Waals surface area contributed by atoms with Crippen LogP contribution in [0.1, 0.15) is 5.56 Å². The molecule has 0 atom stereocenters. The Morgan fingerprint density at radius 3 is 2.44 bits per heavy atom. The van der Waals surface area contributed by atoms with E-state index in [1.54, 1.807) is 24.3 Å². The zero-order chi connectivity index (χ0) is 13.0. The number of hydrogen-bond acceptors (Lipinski definition) is 2. The molecule has 18 heavy (non-hydrogen) atoms. The second kappa shape index (κ2) is 5.50. The molecule has 4 heteroatoms. The molecular formula is C14H13O2S2-. The lowest BCUT2D eigenvalue weighted by atomic mass is 10.2. The molecule has 0 aliphatic carbocycles. The molecule has 2 aromatic rings. The van der Waals surface area contributed by atoms with Gasteiger partial charge in [-0.25, -0.2) is 0 Å². The Kier molecular flexibility index (Phi) is 3.99. The second-order valence-electron chi connectivity index (χ2n) is 3.89. The molecule has 2 rings (SSSR count). The molecule has 0 amide bonds. The molecule has 0 heterocycles. The first-order valence-corrected chi connectivity index (χ1v) is 7.87. The fourth-order valence-corrected chi connectivity index (χ4v) is 3.63. The van der Waals surface area contributed by atoms with Crippen LogP contribution in [0.4, 0.5) is 0 Å². The van der Waals surface area contributed by atoms with Gasteiger partial charge in [-0.15, -0.1) is 12.1 Å². The predicted molar refractivity (Wildman–Crippen MR) is 75.3 cm³/mol. The van der Waals surface area contributed by atoms with Crippen LogP contribution >= 0.6 is 0 Å². The fourth-order valence-electron chi connectivity index (χ4n) is 1.40. The van der Waals surface area contributed by atoms with E-state index >= 15 is 0 Å². The number of aryl methyl sites for hydroxylation is 1. The van der Waals surface area contributed by atoms with Gasteiger partial charge in [-0.05, 0) is 30.4 Å². The fraction of sp³-hybridized carbons (Fsp3) is 0.0714. The predicted octanol–water partition coefficient (Wildman–Crippen LogP) is 2.92. The quantitative estimate of drug-likeness (QED) is 0.491. The first-order valence-electron chi connectivity index (χ1n) is 5.45. The van der Waals surface area contributed by atoms with Gasteiger partial charge < -0.3 is 0 Å². The molecule has 0 N–H and O–H groups in total. The Labute approximate surface area is 111 Å². The molecule has 2 aromatic carbocycles. The van der Waals surface area contributed by atoms with Gasteiger partial charge in [0.2, 0.25) is 0 Å². The summed E-state index contributed by atoms with van der Waals surface area (Å²) >= 11 is 1.21. The summed E-state index contributed by atoms with van der Waals surface area (Å²) in [5.41, 5.74) is 1.05. The van der Waals surface area contributed by atoms with Crippen LogP contribution in [0.5, 0.6) is 0 Å². The van der Waals surface area contributed by atoms with Crippen molar-refractivity contribution in [1.82, 2.24) is 0 Å². The third kappa shape index (κ3) is 3.31. The van der Waals surface area contributed by atoms with Gasteiger partial charge in [-0.2, -0.15) is 18.2 Å². The lowest BCUT2D eigenvalue weighted by molar-refractivity contribution is 0.603. The summed E-state index contributed by atoms with van der Waals surface area (Å²) in [5, 5.41) is 1.28. The van der Waals surface area contributed by atoms with Crippen molar-refractivity contribution in [2.45, 2.75) is 11.8 Å². The standard InChI is InChI=1S/C14H13O2S2/c1-12-7-9-14(10-8-12)18(15,16)11-17-13-5-3-2-4-6-13/h2-11H,1H3/q-1. The molecule has 0 spiro atoms. The normalized spacial score (nSPS) is 11.2. The average Bonchev–Trinajstić information content (AvgIpc) is 2.38. The average molecular weight is 277 g/mol. The van der Waals surface area contributed by atoms with Crippen molar-refractivity contribution in [3.8, 4) is 0 Å². The van der Waals surface area contributed by atoms with Gasteiger partial charge in [-0.3, -0.25) is 8.42 Å². The second-order valence-corrected chi connectivity index (χ2v) is 6.92. The molecule has 0 saturated heterocycles. The molecule has 94 valence electrons. The summed E-state index contributed by atoms with van der Waals surface area (Å²) in [6, 6.07) is 16.3. The molecule has 0 unspecified atom stereocenters. The van der Waals surface area contributed by atoms with E-state index in [1.807, 2.05) is 37.3 Å².